The number of hydrogen-bond acceptors (Lipinski definition) is 4. The zero-order valence-corrected chi connectivity index (χ0v) is 14.0. The van der Waals surface area contributed by atoms with E-state index in [2.05, 4.69) is 4.98 Å². The molecule has 2 heterocycles. The Morgan fingerprint density at radius 2 is 1.88 bits per heavy atom. The van der Waals surface area contributed by atoms with Crippen molar-refractivity contribution in [1.82, 2.24) is 18.7 Å². The fourth-order valence-electron chi connectivity index (χ4n) is 3.39. The lowest BCUT2D eigenvalue weighted by molar-refractivity contribution is -0.284. The smallest absolute Gasteiger partial charge is 0.380 e. The van der Waals surface area contributed by atoms with Gasteiger partial charge in [-0.25, -0.2) is 9.78 Å². The summed E-state index contributed by atoms with van der Waals surface area (Å²) in [6, 6.07) is 0. The maximum Gasteiger partial charge on any atom is 0.417 e. The summed E-state index contributed by atoms with van der Waals surface area (Å²) in [5.74, 6) is -1.20. The number of aliphatic hydroxyl groups is 1. The van der Waals surface area contributed by atoms with E-state index in [9.17, 15) is 27.9 Å². The second kappa shape index (κ2) is 5.45. The highest BCUT2D eigenvalue weighted by Gasteiger charge is 2.57. The van der Waals surface area contributed by atoms with Crippen LogP contribution in [0.1, 0.15) is 19.8 Å². The second-order valence-electron chi connectivity index (χ2n) is 6.96. The van der Waals surface area contributed by atoms with Gasteiger partial charge in [0.15, 0.2) is 16.8 Å². The Balaban J connectivity index is 1.86. The molecular weight excluding hydrogens is 341 g/mol. The number of imidazole rings is 1. The van der Waals surface area contributed by atoms with Crippen molar-refractivity contribution in [2.45, 2.75) is 38.1 Å². The first-order valence-corrected chi connectivity index (χ1v) is 7.85. The van der Waals surface area contributed by atoms with E-state index in [-0.39, 0.29) is 36.5 Å². The van der Waals surface area contributed by atoms with Crippen LogP contribution in [-0.4, -0.2) is 35.6 Å². The Kier molecular flexibility index (Phi) is 3.86. The molecule has 1 saturated carbocycles. The lowest BCUT2D eigenvalue weighted by atomic mass is 9.66. The Morgan fingerprint density at radius 3 is 2.44 bits per heavy atom. The normalized spacial score (nSPS) is 23.5. The second-order valence-corrected chi connectivity index (χ2v) is 6.96. The highest BCUT2D eigenvalue weighted by atomic mass is 19.4. The molecule has 7 nitrogen and oxygen atoms in total. The van der Waals surface area contributed by atoms with Crippen LogP contribution in [0.4, 0.5) is 13.2 Å². The van der Waals surface area contributed by atoms with Crippen molar-refractivity contribution < 1.29 is 18.3 Å². The quantitative estimate of drug-likeness (QED) is 0.877. The molecule has 1 aliphatic carbocycles. The molecule has 0 saturated heterocycles. The third kappa shape index (κ3) is 2.59. The van der Waals surface area contributed by atoms with E-state index < -0.39 is 28.9 Å². The summed E-state index contributed by atoms with van der Waals surface area (Å²) in [6.07, 6.45) is -3.07. The van der Waals surface area contributed by atoms with Crippen LogP contribution in [0, 0.1) is 11.8 Å². The first kappa shape index (κ1) is 17.7. The third-order valence-electron chi connectivity index (χ3n) is 5.25. The summed E-state index contributed by atoms with van der Waals surface area (Å²) < 4.78 is 42.4. The number of fused-ring (bicyclic) bond motifs is 1. The predicted molar refractivity (Wildman–Crippen MR) is 83.1 cm³/mol. The SMILES string of the molecule is Cn1cnc2c1c(=O)n(CC1CC(C(C)(O)C(F)(F)F)C1)c(=O)n2C. The number of aryl methyl sites for hydroxylation is 2. The van der Waals surface area contributed by atoms with Crippen LogP contribution >= 0.6 is 0 Å². The molecule has 0 radical (unpaired) electrons. The van der Waals surface area contributed by atoms with Gasteiger partial charge in [0.05, 0.1) is 6.33 Å². The van der Waals surface area contributed by atoms with Gasteiger partial charge in [-0.1, -0.05) is 0 Å². The van der Waals surface area contributed by atoms with E-state index in [0.29, 0.717) is 0 Å². The molecule has 1 unspecified atom stereocenters. The topological polar surface area (TPSA) is 82.1 Å². The van der Waals surface area contributed by atoms with E-state index in [1.165, 1.54) is 22.5 Å². The van der Waals surface area contributed by atoms with Gasteiger partial charge in [0.2, 0.25) is 0 Å². The molecule has 1 N–H and O–H groups in total. The van der Waals surface area contributed by atoms with Gasteiger partial charge >= 0.3 is 11.9 Å². The molecule has 0 amide bonds. The van der Waals surface area contributed by atoms with Gasteiger partial charge in [0.25, 0.3) is 5.56 Å². The molecule has 2 aromatic heterocycles. The predicted octanol–water partition coefficient (Wildman–Crippen LogP) is 0.773. The van der Waals surface area contributed by atoms with Crippen molar-refractivity contribution in [3.63, 3.8) is 0 Å². The van der Waals surface area contributed by atoms with Gasteiger partial charge in [-0.3, -0.25) is 13.9 Å². The number of halogens is 3. The Morgan fingerprint density at radius 1 is 1.28 bits per heavy atom. The maximum atomic E-state index is 12.9. The zero-order valence-electron chi connectivity index (χ0n) is 14.0. The average Bonchev–Trinajstić information content (AvgIpc) is 2.83. The van der Waals surface area contributed by atoms with Crippen molar-refractivity contribution >= 4 is 11.2 Å². The van der Waals surface area contributed by atoms with E-state index in [1.807, 2.05) is 0 Å². The molecule has 10 heteroatoms. The van der Waals surface area contributed by atoms with Gasteiger partial charge in [-0.2, -0.15) is 13.2 Å². The molecular formula is C15H19F3N4O3. The molecule has 138 valence electrons. The van der Waals surface area contributed by atoms with Crippen molar-refractivity contribution in [3.8, 4) is 0 Å². The molecule has 1 atom stereocenters. The summed E-state index contributed by atoms with van der Waals surface area (Å²) in [5, 5.41) is 9.69. The van der Waals surface area contributed by atoms with Crippen LogP contribution in [0.3, 0.4) is 0 Å². The number of rotatable bonds is 3. The Labute approximate surface area is 140 Å². The lowest BCUT2D eigenvalue weighted by Gasteiger charge is -2.44. The third-order valence-corrected chi connectivity index (χ3v) is 5.25. The van der Waals surface area contributed by atoms with Crippen molar-refractivity contribution in [2.75, 3.05) is 0 Å². The first-order valence-electron chi connectivity index (χ1n) is 7.85. The van der Waals surface area contributed by atoms with Crippen LogP contribution in [0.25, 0.3) is 11.2 Å². The molecule has 0 aromatic carbocycles. The van der Waals surface area contributed by atoms with E-state index in [4.69, 9.17) is 0 Å². The summed E-state index contributed by atoms with van der Waals surface area (Å²) in [4.78, 5) is 28.9. The van der Waals surface area contributed by atoms with Gasteiger partial charge in [0, 0.05) is 20.6 Å². The van der Waals surface area contributed by atoms with Gasteiger partial charge in [0.1, 0.15) is 0 Å². The number of aromatic nitrogens is 4. The van der Waals surface area contributed by atoms with Gasteiger partial charge in [-0.05, 0) is 31.6 Å². The number of alkyl halides is 3. The van der Waals surface area contributed by atoms with E-state index >= 15 is 0 Å². The molecule has 25 heavy (non-hydrogen) atoms. The monoisotopic (exact) mass is 360 g/mol. The highest BCUT2D eigenvalue weighted by molar-refractivity contribution is 5.69. The van der Waals surface area contributed by atoms with Gasteiger partial charge in [-0.15, -0.1) is 0 Å². The molecule has 0 aliphatic heterocycles. The van der Waals surface area contributed by atoms with Crippen LogP contribution in [0.5, 0.6) is 0 Å². The van der Waals surface area contributed by atoms with Crippen molar-refractivity contribution in [1.29, 1.82) is 0 Å². The van der Waals surface area contributed by atoms with Crippen LogP contribution in [0.2, 0.25) is 0 Å². The van der Waals surface area contributed by atoms with Crippen molar-refractivity contribution in [2.24, 2.45) is 25.9 Å². The standard InChI is InChI=1S/C15H19F3N4O3/c1-14(25,15(16,17)18)9-4-8(5-9)6-22-12(23)10-11(19-7-20(10)2)21(3)13(22)24/h7-9,25H,4-6H2,1-3H3. The molecule has 2 aromatic rings. The highest BCUT2D eigenvalue weighted by Crippen LogP contribution is 2.48. The minimum absolute atomic E-state index is 0.0249. The maximum absolute atomic E-state index is 12.9. The minimum Gasteiger partial charge on any atom is -0.380 e. The van der Waals surface area contributed by atoms with Crippen LogP contribution in [-0.2, 0) is 20.6 Å². The summed E-state index contributed by atoms with van der Waals surface area (Å²) in [6.45, 7) is 0.790. The zero-order chi connectivity index (χ0) is 18.7. The van der Waals surface area contributed by atoms with E-state index in [1.54, 1.807) is 7.05 Å². The molecule has 0 spiro atoms. The summed E-state index contributed by atoms with van der Waals surface area (Å²) in [7, 11) is 3.12. The average molecular weight is 360 g/mol. The summed E-state index contributed by atoms with van der Waals surface area (Å²) >= 11 is 0. The number of hydrogen-bond donors (Lipinski definition) is 1. The fraction of sp³-hybridized carbons (Fsp3) is 0.667. The molecule has 1 fully saturated rings. The van der Waals surface area contributed by atoms with E-state index in [0.717, 1.165) is 11.5 Å². The lowest BCUT2D eigenvalue weighted by Crippen LogP contribution is -2.54. The molecule has 3 rings (SSSR count). The molecule has 0 bridgehead atoms. The van der Waals surface area contributed by atoms with Gasteiger partial charge < -0.3 is 9.67 Å². The van der Waals surface area contributed by atoms with Crippen molar-refractivity contribution in [3.05, 3.63) is 27.2 Å². The fourth-order valence-corrected chi connectivity index (χ4v) is 3.39. The minimum atomic E-state index is -4.71. The van der Waals surface area contributed by atoms with Crippen LogP contribution < -0.4 is 11.2 Å². The largest absolute Gasteiger partial charge is 0.417 e. The number of nitrogens with zero attached hydrogens (tertiary/aromatic N) is 4. The molecule has 1 aliphatic rings. The Hall–Kier alpha value is -2.10. The first-order chi connectivity index (χ1) is 11.4. The van der Waals surface area contributed by atoms with Crippen LogP contribution in [0.15, 0.2) is 15.9 Å². The summed E-state index contributed by atoms with van der Waals surface area (Å²) in [5.41, 5.74) is -3.29. The Bertz CT molecular complexity index is 932.